The topological polar surface area (TPSA) is 69.6 Å². The predicted octanol–water partition coefficient (Wildman–Crippen LogP) is 3.76. The number of hydrogen-bond donors (Lipinski definition) is 2. The van der Waals surface area contributed by atoms with Gasteiger partial charge in [0, 0.05) is 13.1 Å². The molecule has 3 aromatic carbocycles. The van der Waals surface area contributed by atoms with Gasteiger partial charge in [0.1, 0.15) is 11.7 Å². The number of carbonyl (C=O) groups excluding carboxylic acids is 2. The number of hydroxylamine groups is 1. The highest BCUT2D eigenvalue weighted by Crippen LogP contribution is 2.16. The minimum atomic E-state index is -1.13. The molecule has 0 bridgehead atoms. The number of hydrogen-bond acceptors (Lipinski definition) is 3. The number of halogens is 1. The van der Waals surface area contributed by atoms with Gasteiger partial charge in [0.15, 0.2) is 0 Å². The fourth-order valence-electron chi connectivity index (χ4n) is 3.43. The van der Waals surface area contributed by atoms with Crippen molar-refractivity contribution in [3.8, 4) is 0 Å². The van der Waals surface area contributed by atoms with E-state index in [-0.39, 0.29) is 6.42 Å². The van der Waals surface area contributed by atoms with Crippen molar-refractivity contribution in [2.24, 2.45) is 5.92 Å². The van der Waals surface area contributed by atoms with E-state index >= 15 is 0 Å². The molecule has 0 radical (unpaired) electrons. The summed E-state index contributed by atoms with van der Waals surface area (Å²) in [5, 5.41) is 9.23. The summed E-state index contributed by atoms with van der Waals surface area (Å²) in [7, 11) is 0. The molecule has 160 valence electrons. The number of benzene rings is 3. The van der Waals surface area contributed by atoms with Crippen LogP contribution in [0.4, 0.5) is 4.39 Å². The number of nitrogens with zero attached hydrogens (tertiary/aromatic N) is 1. The highest BCUT2D eigenvalue weighted by Gasteiger charge is 2.31. The lowest BCUT2D eigenvalue weighted by atomic mass is 9.96. The van der Waals surface area contributed by atoms with Gasteiger partial charge in [0.05, 0.1) is 0 Å². The van der Waals surface area contributed by atoms with E-state index in [1.807, 2.05) is 60.7 Å². The molecular formula is C25H25FN2O3. The van der Waals surface area contributed by atoms with E-state index in [4.69, 9.17) is 0 Å². The first-order valence-electron chi connectivity index (χ1n) is 10.1. The lowest BCUT2D eigenvalue weighted by Gasteiger charge is -2.27. The van der Waals surface area contributed by atoms with Gasteiger partial charge < -0.3 is 4.90 Å². The lowest BCUT2D eigenvalue weighted by molar-refractivity contribution is -0.146. The molecule has 0 aliphatic heterocycles. The fraction of sp³-hybridized carbons (Fsp3) is 0.200. The average molecular weight is 420 g/mol. The molecule has 0 saturated heterocycles. The number of rotatable bonds is 9. The van der Waals surface area contributed by atoms with Gasteiger partial charge in [-0.15, -0.1) is 0 Å². The summed E-state index contributed by atoms with van der Waals surface area (Å²) in [5.74, 6) is -2.70. The molecule has 0 fully saturated rings. The van der Waals surface area contributed by atoms with Crippen LogP contribution in [-0.4, -0.2) is 28.5 Å². The minimum absolute atomic E-state index is 0.0577. The van der Waals surface area contributed by atoms with Gasteiger partial charge >= 0.3 is 0 Å². The van der Waals surface area contributed by atoms with E-state index in [1.54, 1.807) is 10.4 Å². The maximum Gasteiger partial charge on any atom is 0.256 e. The summed E-state index contributed by atoms with van der Waals surface area (Å²) in [4.78, 5) is 27.4. The third kappa shape index (κ3) is 6.49. The Hall–Kier alpha value is -3.51. The third-order valence-electron chi connectivity index (χ3n) is 5.12. The SMILES string of the molecule is O=C(NO)C(Cc1ccc(F)cc1)C(=O)N(CCc1ccccc1)Cc1ccccc1. The Balaban J connectivity index is 1.82. The van der Waals surface area contributed by atoms with Crippen LogP contribution in [0.3, 0.4) is 0 Å². The van der Waals surface area contributed by atoms with Gasteiger partial charge in [-0.1, -0.05) is 72.8 Å². The van der Waals surface area contributed by atoms with Gasteiger partial charge in [-0.3, -0.25) is 14.8 Å². The quantitative estimate of drug-likeness (QED) is 0.315. The zero-order chi connectivity index (χ0) is 22.1. The van der Waals surface area contributed by atoms with Crippen molar-refractivity contribution in [1.29, 1.82) is 0 Å². The molecular weight excluding hydrogens is 395 g/mol. The predicted molar refractivity (Wildman–Crippen MR) is 116 cm³/mol. The van der Waals surface area contributed by atoms with Gasteiger partial charge in [0.2, 0.25) is 5.91 Å². The van der Waals surface area contributed by atoms with Gasteiger partial charge in [0.25, 0.3) is 5.91 Å². The highest BCUT2D eigenvalue weighted by molar-refractivity contribution is 6.00. The Morgan fingerprint density at radius 3 is 2.00 bits per heavy atom. The first-order valence-corrected chi connectivity index (χ1v) is 10.1. The molecule has 5 nitrogen and oxygen atoms in total. The highest BCUT2D eigenvalue weighted by atomic mass is 19.1. The van der Waals surface area contributed by atoms with E-state index in [2.05, 4.69) is 0 Å². The van der Waals surface area contributed by atoms with Gasteiger partial charge in [-0.05, 0) is 41.7 Å². The second kappa shape index (κ2) is 11.0. The van der Waals surface area contributed by atoms with Crippen LogP contribution in [-0.2, 0) is 29.0 Å². The molecule has 6 heteroatoms. The minimum Gasteiger partial charge on any atom is -0.337 e. The number of carbonyl (C=O) groups is 2. The van der Waals surface area contributed by atoms with E-state index in [0.717, 1.165) is 11.1 Å². The normalized spacial score (nSPS) is 11.5. The summed E-state index contributed by atoms with van der Waals surface area (Å²) in [6.07, 6.45) is 0.686. The molecule has 31 heavy (non-hydrogen) atoms. The summed E-state index contributed by atoms with van der Waals surface area (Å²) in [6, 6.07) is 24.9. The molecule has 1 unspecified atom stereocenters. The number of amides is 2. The molecule has 0 aromatic heterocycles. The van der Waals surface area contributed by atoms with Crippen molar-refractivity contribution in [3.63, 3.8) is 0 Å². The van der Waals surface area contributed by atoms with Gasteiger partial charge in [-0.2, -0.15) is 0 Å². The van der Waals surface area contributed by atoms with Crippen LogP contribution in [0.1, 0.15) is 16.7 Å². The Labute approximate surface area is 181 Å². The summed E-state index contributed by atoms with van der Waals surface area (Å²) < 4.78 is 13.2. The summed E-state index contributed by atoms with van der Waals surface area (Å²) in [6.45, 7) is 0.751. The van der Waals surface area contributed by atoms with Crippen LogP contribution in [0.5, 0.6) is 0 Å². The molecule has 1 atom stereocenters. The van der Waals surface area contributed by atoms with Crippen molar-refractivity contribution in [2.75, 3.05) is 6.54 Å². The molecule has 2 N–H and O–H groups in total. The van der Waals surface area contributed by atoms with Crippen molar-refractivity contribution in [1.82, 2.24) is 10.4 Å². The molecule has 0 spiro atoms. The maximum absolute atomic E-state index is 13.4. The standard InChI is InChI=1S/C25H25FN2O3/c26-22-13-11-20(12-14-22)17-23(24(29)27-31)25(30)28(18-21-9-5-2-6-10-21)16-15-19-7-3-1-4-8-19/h1-14,23,31H,15-18H2,(H,27,29). The lowest BCUT2D eigenvalue weighted by Crippen LogP contribution is -2.44. The van der Waals surface area contributed by atoms with Crippen LogP contribution >= 0.6 is 0 Å². The Kier molecular flexibility index (Phi) is 7.90. The van der Waals surface area contributed by atoms with E-state index in [1.165, 1.54) is 24.3 Å². The van der Waals surface area contributed by atoms with Gasteiger partial charge in [-0.25, -0.2) is 9.87 Å². The van der Waals surface area contributed by atoms with E-state index < -0.39 is 23.5 Å². The molecule has 0 aliphatic rings. The first kappa shape index (κ1) is 22.2. The maximum atomic E-state index is 13.4. The molecule has 3 rings (SSSR count). The van der Waals surface area contributed by atoms with Crippen molar-refractivity contribution in [2.45, 2.75) is 19.4 Å². The third-order valence-corrected chi connectivity index (χ3v) is 5.12. The Morgan fingerprint density at radius 1 is 0.839 bits per heavy atom. The van der Waals surface area contributed by atoms with Crippen LogP contribution in [0.15, 0.2) is 84.9 Å². The monoisotopic (exact) mass is 420 g/mol. The largest absolute Gasteiger partial charge is 0.337 e. The van der Waals surface area contributed by atoms with Crippen LogP contribution in [0.2, 0.25) is 0 Å². The fourth-order valence-corrected chi connectivity index (χ4v) is 3.43. The van der Waals surface area contributed by atoms with Crippen LogP contribution in [0, 0.1) is 11.7 Å². The van der Waals surface area contributed by atoms with Crippen molar-refractivity contribution in [3.05, 3.63) is 107 Å². The Bertz CT molecular complexity index is 979. The van der Waals surface area contributed by atoms with E-state index in [0.29, 0.717) is 25.1 Å². The Morgan fingerprint density at radius 2 is 1.42 bits per heavy atom. The van der Waals surface area contributed by atoms with E-state index in [9.17, 15) is 19.2 Å². The number of nitrogens with one attached hydrogen (secondary N) is 1. The zero-order valence-corrected chi connectivity index (χ0v) is 17.1. The first-order chi connectivity index (χ1) is 15.1. The molecule has 2 amide bonds. The average Bonchev–Trinajstić information content (AvgIpc) is 2.81. The smallest absolute Gasteiger partial charge is 0.256 e. The molecule has 0 saturated carbocycles. The zero-order valence-electron chi connectivity index (χ0n) is 17.1. The van der Waals surface area contributed by atoms with Crippen molar-refractivity contribution < 1.29 is 19.2 Å². The van der Waals surface area contributed by atoms with Crippen LogP contribution < -0.4 is 5.48 Å². The van der Waals surface area contributed by atoms with Crippen molar-refractivity contribution >= 4 is 11.8 Å². The van der Waals surface area contributed by atoms with Crippen LogP contribution in [0.25, 0.3) is 0 Å². The summed E-state index contributed by atoms with van der Waals surface area (Å²) >= 11 is 0. The molecule has 0 aliphatic carbocycles. The summed E-state index contributed by atoms with van der Waals surface area (Å²) in [5.41, 5.74) is 4.26. The second-order valence-electron chi connectivity index (χ2n) is 7.34. The second-order valence-corrected chi connectivity index (χ2v) is 7.34. The molecule has 0 heterocycles. The molecule has 3 aromatic rings.